The first-order chi connectivity index (χ1) is 23.0. The van der Waals surface area contributed by atoms with Gasteiger partial charge in [-0.15, -0.1) is 0 Å². The van der Waals surface area contributed by atoms with Crippen molar-refractivity contribution in [2.24, 2.45) is 5.92 Å². The number of esters is 6. The second-order valence-electron chi connectivity index (χ2n) is 13.8. The molecule has 1 N–H and O–H groups in total. The summed E-state index contributed by atoms with van der Waals surface area (Å²) in [6.07, 6.45) is -11.5. The molecule has 0 aromatic rings. The Labute approximate surface area is 292 Å². The van der Waals surface area contributed by atoms with Crippen LogP contribution in [0.4, 0.5) is 0 Å². The molecule has 2 heterocycles. The summed E-state index contributed by atoms with van der Waals surface area (Å²) in [5.74, 6) is -6.48. The van der Waals surface area contributed by atoms with Crippen molar-refractivity contribution in [1.82, 2.24) is 5.32 Å². The fourth-order valence-electron chi connectivity index (χ4n) is 5.62. The van der Waals surface area contributed by atoms with Gasteiger partial charge in [-0.25, -0.2) is 4.79 Å². The maximum Gasteiger partial charge on any atom is 0.339 e. The molecule has 2 saturated heterocycles. The van der Waals surface area contributed by atoms with Gasteiger partial charge in [0, 0.05) is 47.5 Å². The molecule has 50 heavy (non-hydrogen) atoms. The van der Waals surface area contributed by atoms with Gasteiger partial charge in [-0.1, -0.05) is 20.8 Å². The first-order valence-electron chi connectivity index (χ1n) is 16.1. The Kier molecular flexibility index (Phi) is 14.9. The molecule has 2 aliphatic heterocycles. The van der Waals surface area contributed by atoms with Crippen molar-refractivity contribution in [2.45, 2.75) is 142 Å². The lowest BCUT2D eigenvalue weighted by Gasteiger charge is -2.51. The van der Waals surface area contributed by atoms with E-state index in [1.165, 1.54) is 6.92 Å². The van der Waals surface area contributed by atoms with E-state index in [2.05, 4.69) is 5.32 Å². The topological polar surface area (TPSA) is 215 Å². The first kappa shape index (κ1) is 42.6. The van der Waals surface area contributed by atoms with Crippen molar-refractivity contribution in [2.75, 3.05) is 13.7 Å². The van der Waals surface area contributed by atoms with Gasteiger partial charge in [0.15, 0.2) is 39.0 Å². The minimum absolute atomic E-state index is 0.282. The quantitative estimate of drug-likeness (QED) is 0.171. The van der Waals surface area contributed by atoms with Crippen molar-refractivity contribution >= 4 is 50.0 Å². The Bertz CT molecular complexity index is 1280. The molecule has 2 rings (SSSR count). The Morgan fingerprint density at radius 3 is 1.60 bits per heavy atom. The van der Waals surface area contributed by atoms with Crippen molar-refractivity contribution < 1.29 is 75.9 Å². The SMILES string of the molecule is COC(=O)[C@H]1O[C@@H](O[Si](C)(C)C(C)(C)C)[C@@H](NC(C)=O)[C@@H](C[C@H]2O[C@H](COC(C)=O)[C@@H](OC(C)=O)[C@H](OC(C)=O)[C@@H]2OC(C)=O)[C@H]1OC(C)=O. The molecule has 2 fully saturated rings. The van der Waals surface area contributed by atoms with Crippen LogP contribution >= 0.6 is 0 Å². The number of carbonyl (C=O) groups excluding carboxylic acids is 7. The zero-order chi connectivity index (χ0) is 38.3. The molecule has 2 aliphatic rings. The second-order valence-corrected chi connectivity index (χ2v) is 18.5. The number of methoxy groups -OCH3 is 1. The van der Waals surface area contributed by atoms with Crippen LogP contribution in [-0.2, 0) is 75.9 Å². The van der Waals surface area contributed by atoms with Crippen molar-refractivity contribution in [3.05, 3.63) is 0 Å². The Morgan fingerprint density at radius 1 is 0.680 bits per heavy atom. The van der Waals surface area contributed by atoms with Gasteiger partial charge in [-0.2, -0.15) is 0 Å². The van der Waals surface area contributed by atoms with Gasteiger partial charge in [0.05, 0.1) is 19.3 Å². The summed E-state index contributed by atoms with van der Waals surface area (Å²) in [4.78, 5) is 87.4. The minimum atomic E-state index is -2.71. The van der Waals surface area contributed by atoms with E-state index in [-0.39, 0.29) is 11.5 Å². The van der Waals surface area contributed by atoms with Crippen LogP contribution in [0, 0.1) is 5.92 Å². The summed E-state index contributed by atoms with van der Waals surface area (Å²) in [5, 5.41) is 2.45. The van der Waals surface area contributed by atoms with Crippen LogP contribution in [0.15, 0.2) is 0 Å². The summed E-state index contributed by atoms with van der Waals surface area (Å²) in [6.45, 7) is 16.1. The van der Waals surface area contributed by atoms with E-state index in [9.17, 15) is 33.6 Å². The third-order valence-electron chi connectivity index (χ3n) is 8.67. The first-order valence-corrected chi connectivity index (χ1v) is 19.1. The van der Waals surface area contributed by atoms with Crippen molar-refractivity contribution in [1.29, 1.82) is 0 Å². The van der Waals surface area contributed by atoms with Crippen LogP contribution in [0.2, 0.25) is 18.1 Å². The Hall–Kier alpha value is -3.61. The summed E-state index contributed by atoms with van der Waals surface area (Å²) >= 11 is 0. The number of hydrogen-bond donors (Lipinski definition) is 1. The highest BCUT2D eigenvalue weighted by molar-refractivity contribution is 6.74. The average molecular weight is 734 g/mol. The third kappa shape index (κ3) is 11.5. The number of carbonyl (C=O) groups is 7. The van der Waals surface area contributed by atoms with Crippen LogP contribution in [-0.4, -0.2) is 119 Å². The van der Waals surface area contributed by atoms with Crippen LogP contribution in [0.5, 0.6) is 0 Å². The maximum atomic E-state index is 13.2. The lowest BCUT2D eigenvalue weighted by Crippen LogP contribution is -2.67. The molecule has 1 amide bonds. The molecule has 0 aromatic heterocycles. The smallest absolute Gasteiger partial charge is 0.339 e. The molecule has 0 aromatic carbocycles. The molecule has 18 heteroatoms. The fourth-order valence-corrected chi connectivity index (χ4v) is 6.76. The van der Waals surface area contributed by atoms with E-state index >= 15 is 0 Å². The molecule has 0 radical (unpaired) electrons. The highest BCUT2D eigenvalue weighted by Gasteiger charge is 2.58. The maximum absolute atomic E-state index is 13.2. The number of rotatable bonds is 12. The predicted octanol–water partition coefficient (Wildman–Crippen LogP) is 1.47. The third-order valence-corrected chi connectivity index (χ3v) is 13.1. The molecule has 0 unspecified atom stereocenters. The van der Waals surface area contributed by atoms with Gasteiger partial charge in [-0.05, 0) is 24.6 Å². The lowest BCUT2D eigenvalue weighted by molar-refractivity contribution is -0.267. The average Bonchev–Trinajstić information content (AvgIpc) is 2.95. The molecule has 17 nitrogen and oxygen atoms in total. The van der Waals surface area contributed by atoms with Crippen LogP contribution in [0.3, 0.4) is 0 Å². The van der Waals surface area contributed by atoms with Crippen molar-refractivity contribution in [3.8, 4) is 0 Å². The molecular formula is C32H51NO16Si. The summed E-state index contributed by atoms with van der Waals surface area (Å²) in [7, 11) is -1.59. The fraction of sp³-hybridized carbons (Fsp3) is 0.781. The number of nitrogens with one attached hydrogen (secondary N) is 1. The minimum Gasteiger partial charge on any atom is -0.467 e. The standard InChI is InChI=1S/C32H51NO16Si/c1-15(34)33-24-21(25(43-17(3)36)29(30(40)41-10)48-31(24)49-50(11,12)32(7,8)9)13-22-26(44-18(4)37)28(46-20(6)39)27(45-19(5)38)23(47-22)14-42-16(2)35/h21-29,31H,13-14H2,1-12H3,(H,33,34)/t21-,22-,23-,24+,25-,26-,27-,28-,29+,31+/m1/s1. The molecule has 0 bridgehead atoms. The summed E-state index contributed by atoms with van der Waals surface area (Å²) in [6, 6.07) is -1.11. The molecular weight excluding hydrogens is 682 g/mol. The Morgan fingerprint density at radius 2 is 1.16 bits per heavy atom. The molecule has 0 spiro atoms. The van der Waals surface area contributed by atoms with E-state index in [1.807, 2.05) is 33.9 Å². The largest absolute Gasteiger partial charge is 0.467 e. The van der Waals surface area contributed by atoms with Crippen molar-refractivity contribution in [3.63, 3.8) is 0 Å². The van der Waals surface area contributed by atoms with Crippen LogP contribution in [0.1, 0.15) is 68.7 Å². The normalized spacial score (nSPS) is 29.8. The zero-order valence-electron chi connectivity index (χ0n) is 30.7. The van der Waals surface area contributed by atoms with Crippen LogP contribution < -0.4 is 5.32 Å². The van der Waals surface area contributed by atoms with Gasteiger partial charge in [0.25, 0.3) is 0 Å². The monoisotopic (exact) mass is 733 g/mol. The molecule has 284 valence electrons. The number of ether oxygens (including phenoxy) is 8. The highest BCUT2D eigenvalue weighted by atomic mass is 28.4. The lowest BCUT2D eigenvalue weighted by atomic mass is 9.79. The molecule has 0 saturated carbocycles. The van der Waals surface area contributed by atoms with Gasteiger partial charge < -0.3 is 47.6 Å². The van der Waals surface area contributed by atoms with Gasteiger partial charge in [-0.3, -0.25) is 28.8 Å². The van der Waals surface area contributed by atoms with E-state index in [4.69, 9.17) is 42.3 Å². The van der Waals surface area contributed by atoms with E-state index in [0.717, 1.165) is 41.7 Å². The summed E-state index contributed by atoms with van der Waals surface area (Å²) < 4.78 is 51.7. The molecule has 10 atom stereocenters. The predicted molar refractivity (Wildman–Crippen MR) is 172 cm³/mol. The highest BCUT2D eigenvalue weighted by Crippen LogP contribution is 2.42. The Balaban J connectivity index is 2.85. The van der Waals surface area contributed by atoms with E-state index < -0.39 is 118 Å². The van der Waals surface area contributed by atoms with E-state index in [0.29, 0.717) is 0 Å². The van der Waals surface area contributed by atoms with Gasteiger partial charge in [0.1, 0.15) is 18.8 Å². The van der Waals surface area contributed by atoms with Gasteiger partial charge in [0.2, 0.25) is 5.91 Å². The van der Waals surface area contributed by atoms with E-state index in [1.54, 1.807) is 0 Å². The van der Waals surface area contributed by atoms with Crippen LogP contribution in [0.25, 0.3) is 0 Å². The zero-order valence-corrected chi connectivity index (χ0v) is 31.7. The number of amides is 1. The molecule has 0 aliphatic carbocycles. The summed E-state index contributed by atoms with van der Waals surface area (Å²) in [5.41, 5.74) is 0. The second kappa shape index (κ2) is 17.5. The number of hydrogen-bond acceptors (Lipinski definition) is 16. The van der Waals surface area contributed by atoms with Gasteiger partial charge >= 0.3 is 35.8 Å².